The van der Waals surface area contributed by atoms with E-state index in [2.05, 4.69) is 25.7 Å². The number of carbonyl (C=O) groups excluding carboxylic acids is 2. The van der Waals surface area contributed by atoms with Crippen molar-refractivity contribution in [2.24, 2.45) is 0 Å². The number of hydrogen-bond donors (Lipinski definition) is 0. The molecule has 0 radical (unpaired) electrons. The number of esters is 2. The zero-order valence-electron chi connectivity index (χ0n) is 7.07. The smallest absolute Gasteiger partial charge is 0.323 e. The van der Waals surface area contributed by atoms with Gasteiger partial charge in [0.05, 0.1) is 12.1 Å². The van der Waals surface area contributed by atoms with Gasteiger partial charge >= 0.3 is 11.9 Å². The average molecular weight is 256 g/mol. The first-order chi connectivity index (χ1) is 6.68. The molecule has 1 aliphatic rings. The third-order valence-corrected chi connectivity index (χ3v) is 2.66. The highest BCUT2D eigenvalue weighted by Crippen LogP contribution is 2.30. The maximum atomic E-state index is 11.2. The number of ether oxygens (including phenoxy) is 1. The fourth-order valence-electron chi connectivity index (χ4n) is 1.34. The van der Waals surface area contributed by atoms with Crippen LogP contribution >= 0.6 is 15.9 Å². The van der Waals surface area contributed by atoms with Gasteiger partial charge in [-0.3, -0.25) is 14.6 Å². The van der Waals surface area contributed by atoms with Gasteiger partial charge < -0.3 is 4.74 Å². The summed E-state index contributed by atoms with van der Waals surface area (Å²) in [7, 11) is 0. The van der Waals surface area contributed by atoms with Crippen LogP contribution < -0.4 is 0 Å². The van der Waals surface area contributed by atoms with Crippen molar-refractivity contribution in [3.8, 4) is 0 Å². The van der Waals surface area contributed by atoms with E-state index in [1.807, 2.05) is 0 Å². The van der Waals surface area contributed by atoms with Crippen LogP contribution in [0.3, 0.4) is 0 Å². The van der Waals surface area contributed by atoms with Crippen LogP contribution in [0.15, 0.2) is 22.8 Å². The molecule has 0 aliphatic carbocycles. The van der Waals surface area contributed by atoms with Gasteiger partial charge in [-0.2, -0.15) is 0 Å². The number of hydrogen-bond acceptors (Lipinski definition) is 4. The van der Waals surface area contributed by atoms with E-state index >= 15 is 0 Å². The summed E-state index contributed by atoms with van der Waals surface area (Å²) < 4.78 is 5.16. The molecule has 1 aromatic rings. The van der Waals surface area contributed by atoms with Crippen LogP contribution in [0, 0.1) is 0 Å². The molecule has 1 atom stereocenters. The van der Waals surface area contributed by atoms with Crippen molar-refractivity contribution in [3.63, 3.8) is 0 Å². The van der Waals surface area contributed by atoms with Crippen LogP contribution in [-0.4, -0.2) is 16.9 Å². The van der Waals surface area contributed by atoms with Crippen molar-refractivity contribution in [1.29, 1.82) is 0 Å². The van der Waals surface area contributed by atoms with Gasteiger partial charge in [0.25, 0.3) is 0 Å². The first-order valence-corrected chi connectivity index (χ1v) is 4.82. The van der Waals surface area contributed by atoms with Crippen molar-refractivity contribution in [1.82, 2.24) is 4.98 Å². The van der Waals surface area contributed by atoms with E-state index in [9.17, 15) is 9.59 Å². The van der Waals surface area contributed by atoms with E-state index in [4.69, 9.17) is 0 Å². The van der Waals surface area contributed by atoms with Gasteiger partial charge in [-0.25, -0.2) is 0 Å². The SMILES string of the molecule is O=C1CC(c2ncccc2Br)C(=O)O1. The van der Waals surface area contributed by atoms with Crippen LogP contribution in [0.1, 0.15) is 18.0 Å². The second-order valence-electron chi connectivity index (χ2n) is 2.92. The molecule has 0 aromatic carbocycles. The lowest BCUT2D eigenvalue weighted by molar-refractivity contribution is -0.152. The van der Waals surface area contributed by atoms with Crippen LogP contribution in [-0.2, 0) is 14.3 Å². The molecule has 4 nitrogen and oxygen atoms in total. The molecule has 1 aromatic heterocycles. The Balaban J connectivity index is 2.36. The molecule has 14 heavy (non-hydrogen) atoms. The fourth-order valence-corrected chi connectivity index (χ4v) is 1.87. The Hall–Kier alpha value is -1.23. The summed E-state index contributed by atoms with van der Waals surface area (Å²) in [5.41, 5.74) is 0.559. The van der Waals surface area contributed by atoms with Gasteiger partial charge in [0, 0.05) is 10.7 Å². The summed E-state index contributed by atoms with van der Waals surface area (Å²) in [5.74, 6) is -1.56. The third kappa shape index (κ3) is 1.55. The summed E-state index contributed by atoms with van der Waals surface area (Å²) in [6.45, 7) is 0. The molecule has 1 saturated heterocycles. The fraction of sp³-hybridized carbons (Fsp3) is 0.222. The third-order valence-electron chi connectivity index (χ3n) is 1.99. The number of halogens is 1. The van der Waals surface area contributed by atoms with E-state index in [1.54, 1.807) is 18.3 Å². The number of pyridine rings is 1. The molecule has 5 heteroatoms. The lowest BCUT2D eigenvalue weighted by atomic mass is 10.0. The van der Waals surface area contributed by atoms with E-state index in [0.717, 1.165) is 4.47 Å². The number of aromatic nitrogens is 1. The first kappa shape index (κ1) is 9.33. The maximum Gasteiger partial charge on any atom is 0.323 e. The predicted octanol–water partition coefficient (Wildman–Crippen LogP) is 1.40. The highest BCUT2D eigenvalue weighted by atomic mass is 79.9. The van der Waals surface area contributed by atoms with Gasteiger partial charge in [-0.05, 0) is 28.1 Å². The molecular weight excluding hydrogens is 250 g/mol. The molecule has 1 aliphatic heterocycles. The van der Waals surface area contributed by atoms with Crippen LogP contribution in [0.2, 0.25) is 0 Å². The predicted molar refractivity (Wildman–Crippen MR) is 50.4 cm³/mol. The average Bonchev–Trinajstić information content (AvgIpc) is 2.46. The Labute approximate surface area is 88.4 Å². The van der Waals surface area contributed by atoms with Crippen molar-refractivity contribution >= 4 is 27.9 Å². The molecular formula is C9H6BrNO3. The minimum Gasteiger partial charge on any atom is -0.393 e. The summed E-state index contributed by atoms with van der Waals surface area (Å²) in [6, 6.07) is 3.52. The topological polar surface area (TPSA) is 56.3 Å². The van der Waals surface area contributed by atoms with E-state index in [-0.39, 0.29) is 6.42 Å². The number of cyclic esters (lactones) is 2. The largest absolute Gasteiger partial charge is 0.393 e. The van der Waals surface area contributed by atoms with E-state index in [0.29, 0.717) is 5.69 Å². The minimum absolute atomic E-state index is 0.0778. The van der Waals surface area contributed by atoms with Crippen molar-refractivity contribution in [2.75, 3.05) is 0 Å². The zero-order valence-corrected chi connectivity index (χ0v) is 8.65. The highest BCUT2D eigenvalue weighted by molar-refractivity contribution is 9.10. The summed E-state index contributed by atoms with van der Waals surface area (Å²) in [4.78, 5) is 26.1. The summed E-state index contributed by atoms with van der Waals surface area (Å²) in [5, 5.41) is 0. The van der Waals surface area contributed by atoms with Gasteiger partial charge in [0.2, 0.25) is 0 Å². The Kier molecular flexibility index (Phi) is 2.33. The zero-order chi connectivity index (χ0) is 10.1. The Morgan fingerprint density at radius 3 is 2.86 bits per heavy atom. The Bertz CT molecular complexity index is 405. The van der Waals surface area contributed by atoms with Crippen LogP contribution in [0.4, 0.5) is 0 Å². The molecule has 0 N–H and O–H groups in total. The molecule has 0 saturated carbocycles. The molecule has 0 amide bonds. The van der Waals surface area contributed by atoms with Gasteiger partial charge in [-0.15, -0.1) is 0 Å². The standard InChI is InChI=1S/C9H6BrNO3/c10-6-2-1-3-11-8(6)5-4-7(12)14-9(5)13/h1-3,5H,4H2. The summed E-state index contributed by atoms with van der Waals surface area (Å²) in [6.07, 6.45) is 1.66. The molecule has 2 heterocycles. The van der Waals surface area contributed by atoms with Crippen LogP contribution in [0.5, 0.6) is 0 Å². The molecule has 1 fully saturated rings. The van der Waals surface area contributed by atoms with Crippen LogP contribution in [0.25, 0.3) is 0 Å². The molecule has 72 valence electrons. The number of rotatable bonds is 1. The second-order valence-corrected chi connectivity index (χ2v) is 3.77. The van der Waals surface area contributed by atoms with E-state index < -0.39 is 17.9 Å². The molecule has 2 rings (SSSR count). The summed E-state index contributed by atoms with van der Waals surface area (Å²) >= 11 is 3.27. The molecule has 0 spiro atoms. The molecule has 0 bridgehead atoms. The number of carbonyl (C=O) groups is 2. The quantitative estimate of drug-likeness (QED) is 0.563. The van der Waals surface area contributed by atoms with Gasteiger partial charge in [0.15, 0.2) is 0 Å². The van der Waals surface area contributed by atoms with E-state index in [1.165, 1.54) is 0 Å². The Morgan fingerprint density at radius 2 is 2.29 bits per heavy atom. The number of nitrogens with zero attached hydrogens (tertiary/aromatic N) is 1. The highest BCUT2D eigenvalue weighted by Gasteiger charge is 2.36. The van der Waals surface area contributed by atoms with Gasteiger partial charge in [-0.1, -0.05) is 0 Å². The normalized spacial score (nSPS) is 21.1. The monoisotopic (exact) mass is 255 g/mol. The second kappa shape index (κ2) is 3.49. The lowest BCUT2D eigenvalue weighted by Gasteiger charge is -2.04. The van der Waals surface area contributed by atoms with Crippen molar-refractivity contribution < 1.29 is 14.3 Å². The first-order valence-electron chi connectivity index (χ1n) is 4.03. The maximum absolute atomic E-state index is 11.2. The Morgan fingerprint density at radius 1 is 1.50 bits per heavy atom. The lowest BCUT2D eigenvalue weighted by Crippen LogP contribution is -2.08. The minimum atomic E-state index is -0.557. The van der Waals surface area contributed by atoms with Gasteiger partial charge in [0.1, 0.15) is 5.92 Å². The molecule has 1 unspecified atom stereocenters. The van der Waals surface area contributed by atoms with Crippen molar-refractivity contribution in [2.45, 2.75) is 12.3 Å². The van der Waals surface area contributed by atoms with Crippen molar-refractivity contribution in [3.05, 3.63) is 28.5 Å².